The quantitative estimate of drug-likeness (QED) is 0.295. The lowest BCUT2D eigenvalue weighted by Crippen LogP contribution is -2.19. The molecule has 0 amide bonds. The van der Waals surface area contributed by atoms with Crippen LogP contribution in [-0.2, 0) is 4.74 Å². The van der Waals surface area contributed by atoms with Crippen LogP contribution in [0.15, 0.2) is 24.3 Å². The molecule has 0 heterocycles. The van der Waals surface area contributed by atoms with Gasteiger partial charge in [0.1, 0.15) is 0 Å². The Morgan fingerprint density at radius 1 is 0.750 bits per heavy atom. The molecule has 0 aliphatic rings. The van der Waals surface area contributed by atoms with Crippen molar-refractivity contribution in [1.82, 2.24) is 0 Å². The number of ether oxygens (including phenoxy) is 1. The molecule has 0 unspecified atom stereocenters. The number of hydrogen-bond donors (Lipinski definition) is 0. The minimum Gasteiger partial charge on any atom is -0.376 e. The number of hydrogen-bond acceptors (Lipinski definition) is 1. The largest absolute Gasteiger partial charge is 0.376 e. The molecule has 0 radical (unpaired) electrons. The fourth-order valence-corrected chi connectivity index (χ4v) is 1.94. The van der Waals surface area contributed by atoms with E-state index in [2.05, 4.69) is 52.0 Å². The summed E-state index contributed by atoms with van der Waals surface area (Å²) in [5.74, 6) is 0. The maximum atomic E-state index is 5.70. The highest BCUT2D eigenvalue weighted by Crippen LogP contribution is 2.09. The van der Waals surface area contributed by atoms with Gasteiger partial charge in [-0.05, 0) is 59.3 Å². The molecule has 0 bridgehead atoms. The molecule has 0 atom stereocenters. The van der Waals surface area contributed by atoms with Crippen molar-refractivity contribution in [3.63, 3.8) is 0 Å². The Hall–Kier alpha value is -0.560. The predicted octanol–water partition coefficient (Wildman–Crippen LogP) is 6.44. The smallest absolute Gasteiger partial charge is 0.0598 e. The molecule has 0 aliphatic carbocycles. The second kappa shape index (κ2) is 13.4. The zero-order chi connectivity index (χ0) is 15.1. The standard InChI is InChI=1S/C19H36O/c1-5-6-7-8-9-10-11-12-13-14-15-16-17-18-20-19(2,3)4/h9-10,12-13H,5-8,11,14-18H2,1-4H3. The van der Waals surface area contributed by atoms with Crippen LogP contribution in [-0.4, -0.2) is 12.2 Å². The van der Waals surface area contributed by atoms with E-state index in [4.69, 9.17) is 4.74 Å². The molecule has 0 aromatic carbocycles. The minimum atomic E-state index is 0.0172. The third kappa shape index (κ3) is 17.4. The second-order valence-corrected chi connectivity index (χ2v) is 6.48. The average Bonchev–Trinajstić information content (AvgIpc) is 2.38. The van der Waals surface area contributed by atoms with Crippen molar-refractivity contribution in [3.05, 3.63) is 24.3 Å². The van der Waals surface area contributed by atoms with Gasteiger partial charge in [-0.2, -0.15) is 0 Å². The van der Waals surface area contributed by atoms with E-state index in [0.717, 1.165) is 13.0 Å². The van der Waals surface area contributed by atoms with Gasteiger partial charge in [0.2, 0.25) is 0 Å². The monoisotopic (exact) mass is 280 g/mol. The van der Waals surface area contributed by atoms with E-state index in [1.807, 2.05) is 0 Å². The predicted molar refractivity (Wildman–Crippen MR) is 91.2 cm³/mol. The van der Waals surface area contributed by atoms with Gasteiger partial charge in [-0.25, -0.2) is 0 Å². The van der Waals surface area contributed by atoms with E-state index in [9.17, 15) is 0 Å². The third-order valence-corrected chi connectivity index (χ3v) is 3.13. The summed E-state index contributed by atoms with van der Waals surface area (Å²) < 4.78 is 5.70. The summed E-state index contributed by atoms with van der Waals surface area (Å²) in [5.41, 5.74) is 0.0172. The Kier molecular flexibility index (Phi) is 13.0. The molecular weight excluding hydrogens is 244 g/mol. The van der Waals surface area contributed by atoms with E-state index in [1.165, 1.54) is 51.4 Å². The Bertz CT molecular complexity index is 245. The summed E-state index contributed by atoms with van der Waals surface area (Å²) in [5, 5.41) is 0. The topological polar surface area (TPSA) is 9.23 Å². The lowest BCUT2D eigenvalue weighted by molar-refractivity contribution is -0.00468. The molecule has 20 heavy (non-hydrogen) atoms. The van der Waals surface area contributed by atoms with Gasteiger partial charge in [0.05, 0.1) is 5.60 Å². The number of allylic oxidation sites excluding steroid dienone is 4. The summed E-state index contributed by atoms with van der Waals surface area (Å²) in [7, 11) is 0. The summed E-state index contributed by atoms with van der Waals surface area (Å²) >= 11 is 0. The molecule has 0 saturated carbocycles. The zero-order valence-electron chi connectivity index (χ0n) is 14.3. The van der Waals surface area contributed by atoms with Crippen molar-refractivity contribution in [2.24, 2.45) is 0 Å². The Morgan fingerprint density at radius 3 is 1.90 bits per heavy atom. The molecule has 0 aliphatic heterocycles. The molecular formula is C19H36O. The highest BCUT2D eigenvalue weighted by atomic mass is 16.5. The summed E-state index contributed by atoms with van der Waals surface area (Å²) in [6.07, 6.45) is 20.5. The molecule has 1 nitrogen and oxygen atoms in total. The molecule has 0 aromatic rings. The highest BCUT2D eigenvalue weighted by molar-refractivity contribution is 4.92. The van der Waals surface area contributed by atoms with E-state index < -0.39 is 0 Å². The second-order valence-electron chi connectivity index (χ2n) is 6.48. The van der Waals surface area contributed by atoms with E-state index in [0.29, 0.717) is 0 Å². The van der Waals surface area contributed by atoms with E-state index in [-0.39, 0.29) is 5.60 Å². The van der Waals surface area contributed by atoms with Gasteiger partial charge in [-0.1, -0.05) is 50.5 Å². The van der Waals surface area contributed by atoms with Gasteiger partial charge in [0, 0.05) is 6.61 Å². The van der Waals surface area contributed by atoms with Crippen molar-refractivity contribution in [3.8, 4) is 0 Å². The normalized spacial score (nSPS) is 12.8. The van der Waals surface area contributed by atoms with Crippen LogP contribution >= 0.6 is 0 Å². The fourth-order valence-electron chi connectivity index (χ4n) is 1.94. The van der Waals surface area contributed by atoms with Crippen LogP contribution in [0.2, 0.25) is 0 Å². The fraction of sp³-hybridized carbons (Fsp3) is 0.789. The molecule has 1 heteroatoms. The highest BCUT2D eigenvalue weighted by Gasteiger charge is 2.08. The average molecular weight is 280 g/mol. The Labute approximate surface area is 127 Å². The van der Waals surface area contributed by atoms with Crippen molar-refractivity contribution in [2.75, 3.05) is 6.61 Å². The van der Waals surface area contributed by atoms with Crippen LogP contribution < -0.4 is 0 Å². The van der Waals surface area contributed by atoms with Crippen LogP contribution in [0.1, 0.15) is 85.5 Å². The van der Waals surface area contributed by atoms with Crippen molar-refractivity contribution in [1.29, 1.82) is 0 Å². The van der Waals surface area contributed by atoms with Gasteiger partial charge < -0.3 is 4.74 Å². The van der Waals surface area contributed by atoms with Crippen LogP contribution in [0.25, 0.3) is 0 Å². The van der Waals surface area contributed by atoms with E-state index in [1.54, 1.807) is 0 Å². The Balaban J connectivity index is 3.24. The van der Waals surface area contributed by atoms with Crippen molar-refractivity contribution < 1.29 is 4.74 Å². The van der Waals surface area contributed by atoms with Crippen molar-refractivity contribution >= 4 is 0 Å². The minimum absolute atomic E-state index is 0.0172. The van der Waals surface area contributed by atoms with Gasteiger partial charge in [-0.15, -0.1) is 0 Å². The van der Waals surface area contributed by atoms with Gasteiger partial charge >= 0.3 is 0 Å². The maximum Gasteiger partial charge on any atom is 0.0598 e. The van der Waals surface area contributed by atoms with Crippen LogP contribution in [0, 0.1) is 0 Å². The number of unbranched alkanes of at least 4 members (excludes halogenated alkanes) is 6. The summed E-state index contributed by atoms with van der Waals surface area (Å²) in [6.45, 7) is 9.50. The first kappa shape index (κ1) is 19.4. The number of rotatable bonds is 12. The molecule has 0 N–H and O–H groups in total. The molecule has 0 fully saturated rings. The lowest BCUT2D eigenvalue weighted by atomic mass is 10.1. The Morgan fingerprint density at radius 2 is 1.35 bits per heavy atom. The molecule has 0 spiro atoms. The van der Waals surface area contributed by atoms with Crippen molar-refractivity contribution in [2.45, 2.75) is 91.1 Å². The zero-order valence-corrected chi connectivity index (χ0v) is 14.3. The van der Waals surface area contributed by atoms with E-state index >= 15 is 0 Å². The first-order valence-corrected chi connectivity index (χ1v) is 8.50. The van der Waals surface area contributed by atoms with Gasteiger partial charge in [-0.3, -0.25) is 0 Å². The third-order valence-electron chi connectivity index (χ3n) is 3.13. The maximum absolute atomic E-state index is 5.70. The first-order valence-electron chi connectivity index (χ1n) is 8.50. The van der Waals surface area contributed by atoms with Crippen LogP contribution in [0.4, 0.5) is 0 Å². The van der Waals surface area contributed by atoms with Crippen LogP contribution in [0.3, 0.4) is 0 Å². The molecule has 0 saturated heterocycles. The summed E-state index contributed by atoms with van der Waals surface area (Å²) in [4.78, 5) is 0. The van der Waals surface area contributed by atoms with Crippen LogP contribution in [0.5, 0.6) is 0 Å². The molecule has 118 valence electrons. The van der Waals surface area contributed by atoms with Gasteiger partial charge in [0.15, 0.2) is 0 Å². The lowest BCUT2D eigenvalue weighted by Gasteiger charge is -2.19. The summed E-state index contributed by atoms with van der Waals surface area (Å²) in [6, 6.07) is 0. The molecule has 0 rings (SSSR count). The van der Waals surface area contributed by atoms with Gasteiger partial charge in [0.25, 0.3) is 0 Å². The molecule has 0 aromatic heterocycles. The first-order chi connectivity index (χ1) is 9.56. The SMILES string of the molecule is CCCCCC=CCC=CCCCCCOC(C)(C)C.